The summed E-state index contributed by atoms with van der Waals surface area (Å²) in [6.07, 6.45) is 8.14. The first-order chi connectivity index (χ1) is 6.83. The van der Waals surface area contributed by atoms with E-state index in [9.17, 15) is 0 Å². The molecule has 0 unspecified atom stereocenters. The van der Waals surface area contributed by atoms with Crippen molar-refractivity contribution in [3.63, 3.8) is 0 Å². The van der Waals surface area contributed by atoms with Crippen LogP contribution in [0.15, 0.2) is 6.20 Å². The summed E-state index contributed by atoms with van der Waals surface area (Å²) in [4.78, 5) is 0. The molecule has 4 nitrogen and oxygen atoms in total. The van der Waals surface area contributed by atoms with E-state index in [1.165, 1.54) is 32.1 Å². The minimum atomic E-state index is 0.485. The molecule has 14 heavy (non-hydrogen) atoms. The number of aromatic nitrogens is 2. The van der Waals surface area contributed by atoms with E-state index in [1.807, 2.05) is 4.68 Å². The van der Waals surface area contributed by atoms with Crippen molar-refractivity contribution in [1.82, 2.24) is 9.78 Å². The number of nitrogen functional groups attached to an aromatic ring is 1. The molecule has 0 amide bonds. The first kappa shape index (κ1) is 9.52. The van der Waals surface area contributed by atoms with E-state index in [0.29, 0.717) is 12.6 Å². The Bertz CT molecular complexity index is 299. The van der Waals surface area contributed by atoms with Gasteiger partial charge < -0.3 is 11.5 Å². The van der Waals surface area contributed by atoms with Gasteiger partial charge in [0.1, 0.15) is 5.82 Å². The highest BCUT2D eigenvalue weighted by Crippen LogP contribution is 2.30. The number of hydrogen-bond donors (Lipinski definition) is 2. The fraction of sp³-hybridized carbons (Fsp3) is 0.700. The third kappa shape index (κ3) is 1.62. The first-order valence-electron chi connectivity index (χ1n) is 5.35. The zero-order valence-corrected chi connectivity index (χ0v) is 8.45. The van der Waals surface area contributed by atoms with Crippen molar-refractivity contribution in [3.05, 3.63) is 11.8 Å². The van der Waals surface area contributed by atoms with E-state index in [4.69, 9.17) is 11.5 Å². The van der Waals surface area contributed by atoms with Crippen LogP contribution in [-0.2, 0) is 6.54 Å². The van der Waals surface area contributed by atoms with Gasteiger partial charge in [-0.3, -0.25) is 0 Å². The second-order valence-electron chi connectivity index (χ2n) is 4.00. The van der Waals surface area contributed by atoms with E-state index >= 15 is 0 Å². The van der Waals surface area contributed by atoms with Gasteiger partial charge in [0, 0.05) is 12.1 Å². The molecular weight excluding hydrogens is 176 g/mol. The van der Waals surface area contributed by atoms with Crippen LogP contribution >= 0.6 is 0 Å². The third-order valence-corrected chi connectivity index (χ3v) is 3.05. The average Bonchev–Trinajstić information content (AvgIpc) is 2.61. The molecule has 0 aromatic carbocycles. The molecule has 1 aromatic heterocycles. The van der Waals surface area contributed by atoms with E-state index in [0.717, 1.165) is 11.4 Å². The van der Waals surface area contributed by atoms with Gasteiger partial charge in [-0.1, -0.05) is 19.3 Å². The van der Waals surface area contributed by atoms with Gasteiger partial charge >= 0.3 is 0 Å². The molecule has 2 rings (SSSR count). The Morgan fingerprint density at radius 1 is 1.36 bits per heavy atom. The van der Waals surface area contributed by atoms with Crippen LogP contribution in [0.4, 0.5) is 5.82 Å². The zero-order valence-electron chi connectivity index (χ0n) is 8.45. The molecule has 4 N–H and O–H groups in total. The van der Waals surface area contributed by atoms with Crippen LogP contribution in [0.25, 0.3) is 0 Å². The van der Waals surface area contributed by atoms with E-state index in [2.05, 4.69) is 5.10 Å². The van der Waals surface area contributed by atoms with Crippen molar-refractivity contribution < 1.29 is 0 Å². The summed E-state index contributed by atoms with van der Waals surface area (Å²) >= 11 is 0. The molecular formula is C10H18N4. The molecule has 0 bridgehead atoms. The van der Waals surface area contributed by atoms with Gasteiger partial charge in [0.25, 0.3) is 0 Å². The number of nitrogens with zero attached hydrogens (tertiary/aromatic N) is 2. The summed E-state index contributed by atoms with van der Waals surface area (Å²) in [5.41, 5.74) is 12.5. The SMILES string of the molecule is NCc1cnn(C2CCCCC2)c1N. The van der Waals surface area contributed by atoms with E-state index in [1.54, 1.807) is 6.20 Å². The highest BCUT2D eigenvalue weighted by atomic mass is 15.3. The summed E-state index contributed by atoms with van der Waals surface area (Å²) in [5.74, 6) is 0.763. The lowest BCUT2D eigenvalue weighted by Crippen LogP contribution is -2.16. The lowest BCUT2D eigenvalue weighted by Gasteiger charge is -2.23. The maximum absolute atomic E-state index is 5.97. The van der Waals surface area contributed by atoms with Crippen LogP contribution < -0.4 is 11.5 Å². The van der Waals surface area contributed by atoms with Crippen LogP contribution in [0, 0.1) is 0 Å². The van der Waals surface area contributed by atoms with E-state index in [-0.39, 0.29) is 0 Å². The molecule has 1 heterocycles. The molecule has 0 radical (unpaired) electrons. The molecule has 0 saturated heterocycles. The molecule has 78 valence electrons. The van der Waals surface area contributed by atoms with Gasteiger partial charge in [0.2, 0.25) is 0 Å². The molecule has 1 fully saturated rings. The summed E-state index contributed by atoms with van der Waals surface area (Å²) in [5, 5.41) is 4.32. The average molecular weight is 194 g/mol. The van der Waals surface area contributed by atoms with Gasteiger partial charge in [0.15, 0.2) is 0 Å². The smallest absolute Gasteiger partial charge is 0.126 e. The lowest BCUT2D eigenvalue weighted by molar-refractivity contribution is 0.333. The standard InChI is InChI=1S/C10H18N4/c11-6-8-7-13-14(10(8)12)9-4-2-1-3-5-9/h7,9H,1-6,11-12H2. The van der Waals surface area contributed by atoms with Crippen molar-refractivity contribution >= 4 is 5.82 Å². The maximum atomic E-state index is 5.97. The molecule has 4 heteroatoms. The van der Waals surface area contributed by atoms with Crippen molar-refractivity contribution in [2.24, 2.45) is 5.73 Å². The summed E-state index contributed by atoms with van der Waals surface area (Å²) in [7, 11) is 0. The Hall–Kier alpha value is -1.03. The Labute approximate surface area is 84.3 Å². The van der Waals surface area contributed by atoms with Gasteiger partial charge in [-0.25, -0.2) is 4.68 Å². The highest BCUT2D eigenvalue weighted by molar-refractivity contribution is 5.38. The van der Waals surface area contributed by atoms with E-state index < -0.39 is 0 Å². The minimum absolute atomic E-state index is 0.485. The van der Waals surface area contributed by atoms with Crippen LogP contribution in [0.3, 0.4) is 0 Å². The third-order valence-electron chi connectivity index (χ3n) is 3.05. The number of anilines is 1. The maximum Gasteiger partial charge on any atom is 0.126 e. The highest BCUT2D eigenvalue weighted by Gasteiger charge is 2.18. The normalized spacial score (nSPS) is 18.6. The Balaban J connectivity index is 2.18. The predicted octanol–water partition coefficient (Wildman–Crippen LogP) is 1.43. The fourth-order valence-corrected chi connectivity index (χ4v) is 2.18. The van der Waals surface area contributed by atoms with Crippen LogP contribution in [0.1, 0.15) is 43.7 Å². The Morgan fingerprint density at radius 2 is 2.07 bits per heavy atom. The fourth-order valence-electron chi connectivity index (χ4n) is 2.18. The first-order valence-corrected chi connectivity index (χ1v) is 5.35. The summed E-state index contributed by atoms with van der Waals surface area (Å²) < 4.78 is 1.96. The molecule has 0 atom stereocenters. The summed E-state index contributed by atoms with van der Waals surface area (Å²) in [6.45, 7) is 0.485. The Kier molecular flexibility index (Phi) is 2.72. The van der Waals surface area contributed by atoms with Gasteiger partial charge in [0.05, 0.1) is 12.2 Å². The molecule has 0 spiro atoms. The number of hydrogen-bond acceptors (Lipinski definition) is 3. The van der Waals surface area contributed by atoms with Crippen molar-refractivity contribution in [1.29, 1.82) is 0 Å². The predicted molar refractivity (Wildman–Crippen MR) is 56.7 cm³/mol. The second-order valence-corrected chi connectivity index (χ2v) is 4.00. The van der Waals surface area contributed by atoms with Crippen LogP contribution in [-0.4, -0.2) is 9.78 Å². The molecule has 1 saturated carbocycles. The Morgan fingerprint density at radius 3 is 2.64 bits per heavy atom. The molecule has 0 aliphatic heterocycles. The van der Waals surface area contributed by atoms with Crippen LogP contribution in [0.5, 0.6) is 0 Å². The minimum Gasteiger partial charge on any atom is -0.384 e. The number of nitrogens with two attached hydrogens (primary N) is 2. The van der Waals surface area contributed by atoms with Gasteiger partial charge in [-0.05, 0) is 12.8 Å². The zero-order chi connectivity index (χ0) is 9.97. The van der Waals surface area contributed by atoms with Crippen LogP contribution in [0.2, 0.25) is 0 Å². The van der Waals surface area contributed by atoms with Crippen molar-refractivity contribution in [2.45, 2.75) is 44.7 Å². The topological polar surface area (TPSA) is 69.9 Å². The van der Waals surface area contributed by atoms with Crippen molar-refractivity contribution in [3.8, 4) is 0 Å². The molecule has 1 aliphatic carbocycles. The lowest BCUT2D eigenvalue weighted by atomic mass is 9.96. The summed E-state index contributed by atoms with van der Waals surface area (Å²) in [6, 6.07) is 0.504. The number of rotatable bonds is 2. The monoisotopic (exact) mass is 194 g/mol. The largest absolute Gasteiger partial charge is 0.384 e. The van der Waals surface area contributed by atoms with Gasteiger partial charge in [-0.2, -0.15) is 5.10 Å². The molecule has 1 aromatic rings. The van der Waals surface area contributed by atoms with Crippen molar-refractivity contribution in [2.75, 3.05) is 5.73 Å². The van der Waals surface area contributed by atoms with Gasteiger partial charge in [-0.15, -0.1) is 0 Å². The quantitative estimate of drug-likeness (QED) is 0.748. The second kappa shape index (κ2) is 4.00. The molecule has 1 aliphatic rings.